The molecule has 2 unspecified atom stereocenters. The van der Waals surface area contributed by atoms with Crippen molar-refractivity contribution < 1.29 is 17.1 Å². The summed E-state index contributed by atoms with van der Waals surface area (Å²) < 4.78 is 1.23. The molecule has 5 rings (SSSR count). The molecule has 0 radical (unpaired) electrons. The van der Waals surface area contributed by atoms with Crippen LogP contribution in [0.2, 0.25) is 0 Å². The summed E-state index contributed by atoms with van der Waals surface area (Å²) in [6.07, 6.45) is 11.4. The molecule has 4 heteroatoms. The van der Waals surface area contributed by atoms with Crippen molar-refractivity contribution in [1.82, 2.24) is 4.90 Å². The first-order chi connectivity index (χ1) is 16.7. The predicted molar refractivity (Wildman–Crippen MR) is 154 cm³/mol. The van der Waals surface area contributed by atoms with Gasteiger partial charge in [-0.15, -0.1) is 0 Å². The molecule has 0 aromatic heterocycles. The predicted octanol–water partition coefficient (Wildman–Crippen LogP) is 8.30. The fourth-order valence-corrected chi connectivity index (χ4v) is 9.56. The van der Waals surface area contributed by atoms with E-state index in [-0.39, 0.29) is 17.1 Å². The van der Waals surface area contributed by atoms with Gasteiger partial charge in [0.2, 0.25) is 0 Å². The van der Waals surface area contributed by atoms with Crippen molar-refractivity contribution in [3.05, 3.63) is 95.0 Å². The second-order valence-electron chi connectivity index (χ2n) is 9.90. The summed E-state index contributed by atoms with van der Waals surface area (Å²) in [6.45, 7) is 0. The van der Waals surface area contributed by atoms with Gasteiger partial charge < -0.3 is 4.90 Å². The van der Waals surface area contributed by atoms with Gasteiger partial charge in [0.15, 0.2) is 0 Å². The zero-order valence-corrected chi connectivity index (χ0v) is 24.7. The molecule has 2 aliphatic carbocycles. The fourth-order valence-electron chi connectivity index (χ4n) is 5.86. The summed E-state index contributed by atoms with van der Waals surface area (Å²) in [5.74, 6) is 0.648. The summed E-state index contributed by atoms with van der Waals surface area (Å²) in [5.41, 5.74) is 2.11. The number of benzene rings is 3. The van der Waals surface area contributed by atoms with Gasteiger partial charge in [0.05, 0.1) is 0 Å². The number of rotatable bonds is 6. The van der Waals surface area contributed by atoms with Gasteiger partial charge in [-0.1, -0.05) is 133 Å². The average molecular weight is 592 g/mol. The Morgan fingerprint density at radius 3 is 1.66 bits per heavy atom. The first-order valence-electron chi connectivity index (χ1n) is 13.0. The molecule has 0 saturated heterocycles. The van der Waals surface area contributed by atoms with E-state index in [9.17, 15) is 0 Å². The van der Waals surface area contributed by atoms with Crippen LogP contribution < -0.4 is 10.6 Å². The van der Waals surface area contributed by atoms with Crippen LogP contribution >= 0.6 is 23.9 Å². The minimum Gasteiger partial charge on any atom is -0.302 e. The number of halogens is 1. The van der Waals surface area contributed by atoms with Gasteiger partial charge >= 0.3 is 0 Å². The molecule has 3 atom stereocenters. The molecule has 2 aliphatic rings. The van der Waals surface area contributed by atoms with Gasteiger partial charge in [-0.3, -0.25) is 0 Å². The zero-order valence-electron chi connectivity index (χ0n) is 21.1. The van der Waals surface area contributed by atoms with Crippen LogP contribution in [-0.2, 0) is 17.1 Å². The van der Waals surface area contributed by atoms with E-state index in [0.29, 0.717) is 17.6 Å². The van der Waals surface area contributed by atoms with E-state index in [0.717, 1.165) is 0 Å². The third-order valence-electron chi connectivity index (χ3n) is 7.37. The van der Waals surface area contributed by atoms with E-state index >= 15 is 0 Å². The summed E-state index contributed by atoms with van der Waals surface area (Å²) in [6, 6.07) is 31.7. The summed E-state index contributed by atoms with van der Waals surface area (Å²) in [4.78, 5) is 2.44. The van der Waals surface area contributed by atoms with Crippen LogP contribution in [0.5, 0.6) is 0 Å². The van der Waals surface area contributed by atoms with Crippen LogP contribution in [0.3, 0.4) is 0 Å². The summed E-state index contributed by atoms with van der Waals surface area (Å²) >= 11 is 3.84. The Labute approximate surface area is 233 Å². The Kier molecular flexibility index (Phi) is 12.0. The van der Waals surface area contributed by atoms with E-state index in [1.807, 2.05) is 0 Å². The molecule has 0 N–H and O–H groups in total. The van der Waals surface area contributed by atoms with Crippen LogP contribution in [0, 0.1) is 5.92 Å². The van der Waals surface area contributed by atoms with E-state index in [1.54, 1.807) is 0 Å². The minimum atomic E-state index is -0.391. The Morgan fingerprint density at radius 1 is 0.686 bits per heavy atom. The van der Waals surface area contributed by atoms with Gasteiger partial charge in [-0.05, 0) is 68.7 Å². The van der Waals surface area contributed by atoms with Gasteiger partial charge in [-0.2, -0.15) is 0 Å². The average Bonchev–Trinajstić information content (AvgIpc) is 3.58. The fraction of sp³-hybridized carbons (Fsp3) is 0.419. The third kappa shape index (κ3) is 7.53. The first-order valence-corrected chi connectivity index (χ1v) is 15.2. The number of hydrogen-bond donors (Lipinski definition) is 0. The molecule has 3 aromatic carbocycles. The molecule has 35 heavy (non-hydrogen) atoms. The summed E-state index contributed by atoms with van der Waals surface area (Å²) in [7, 11) is 4.10. The number of hydrogen-bond acceptors (Lipinski definition) is 1. The van der Waals surface area contributed by atoms with E-state index < -0.39 is 7.92 Å². The Bertz CT molecular complexity index is 946. The second kappa shape index (κ2) is 14.7. The van der Waals surface area contributed by atoms with Gasteiger partial charge in [0.1, 0.15) is 0 Å². The quantitative estimate of drug-likeness (QED) is 0.206. The van der Waals surface area contributed by atoms with Crippen molar-refractivity contribution in [2.75, 3.05) is 14.1 Å². The van der Waals surface area contributed by atoms with Gasteiger partial charge in [0, 0.05) is 27.6 Å². The molecule has 0 bridgehead atoms. The molecule has 188 valence electrons. The Balaban J connectivity index is 0.000000509. The van der Waals surface area contributed by atoms with Gasteiger partial charge in [0.25, 0.3) is 0 Å². The molecule has 0 aliphatic heterocycles. The normalized spacial score (nSPS) is 20.3. The molecular formula is C31H39BrFeNP. The van der Waals surface area contributed by atoms with Gasteiger partial charge in [-0.25, -0.2) is 0 Å². The Hall–Kier alpha value is -0.951. The van der Waals surface area contributed by atoms with E-state index in [1.165, 1.54) is 72.0 Å². The van der Waals surface area contributed by atoms with Crippen molar-refractivity contribution in [3.63, 3.8) is 0 Å². The standard InChI is InChI=1S/C26H29BrNP.C5H10.Fe/c1-28(2)26(22-16-9-10-18-24(22)27)23-17-11-19-25(23)29(20-12-5-3-6-13-20)21-14-7-4-8-15-21;1-2-4-5-3-1;/h3-10,12-16,18,23,25-26H,11,17,19H2,1-2H3;1-5H2;/t23?,25?,26-;;/m0../s1. The van der Waals surface area contributed by atoms with E-state index in [2.05, 4.69) is 120 Å². The summed E-state index contributed by atoms with van der Waals surface area (Å²) in [5, 5.41) is 3.02. The van der Waals surface area contributed by atoms with E-state index in [4.69, 9.17) is 0 Å². The molecule has 2 fully saturated rings. The van der Waals surface area contributed by atoms with Crippen molar-refractivity contribution in [1.29, 1.82) is 0 Å². The molecule has 0 amide bonds. The van der Waals surface area contributed by atoms with Crippen LogP contribution in [0.25, 0.3) is 0 Å². The minimum absolute atomic E-state index is 0. The maximum Gasteiger partial charge on any atom is 0.0387 e. The van der Waals surface area contributed by atoms with Crippen molar-refractivity contribution in [3.8, 4) is 0 Å². The molecular weight excluding hydrogens is 553 g/mol. The van der Waals surface area contributed by atoms with Crippen molar-refractivity contribution >= 4 is 34.5 Å². The monoisotopic (exact) mass is 591 g/mol. The molecule has 2 saturated carbocycles. The van der Waals surface area contributed by atoms with Crippen LogP contribution in [0.4, 0.5) is 0 Å². The molecule has 0 heterocycles. The third-order valence-corrected chi connectivity index (χ3v) is 11.1. The SMILES string of the molecule is C1CCCC1.CN(C)[C@@H](c1ccccc1Br)C1CCCC1P(c1ccccc1)c1ccccc1.[Fe]. The second-order valence-corrected chi connectivity index (χ2v) is 13.2. The van der Waals surface area contributed by atoms with Crippen LogP contribution in [-0.4, -0.2) is 24.7 Å². The largest absolute Gasteiger partial charge is 0.302 e. The molecule has 0 spiro atoms. The molecule has 3 aromatic rings. The molecule has 1 nitrogen and oxygen atoms in total. The van der Waals surface area contributed by atoms with Crippen molar-refractivity contribution in [2.45, 2.75) is 63.1 Å². The maximum atomic E-state index is 3.84. The van der Waals surface area contributed by atoms with Crippen LogP contribution in [0.15, 0.2) is 89.4 Å². The first kappa shape index (κ1) is 28.6. The maximum absolute atomic E-state index is 3.84. The topological polar surface area (TPSA) is 3.24 Å². The van der Waals surface area contributed by atoms with Crippen molar-refractivity contribution in [2.24, 2.45) is 5.92 Å². The van der Waals surface area contributed by atoms with Crippen LogP contribution in [0.1, 0.15) is 63.0 Å². The zero-order chi connectivity index (χ0) is 23.8. The Morgan fingerprint density at radius 2 is 1.17 bits per heavy atom. The number of nitrogens with zero attached hydrogens (tertiary/aromatic N) is 1. The smallest absolute Gasteiger partial charge is 0.0387 e.